The van der Waals surface area contributed by atoms with Gasteiger partial charge in [0.05, 0.1) is 60.1 Å². The zero-order chi connectivity index (χ0) is 60.5. The molecule has 1 amide bonds. The van der Waals surface area contributed by atoms with E-state index in [0.29, 0.717) is 55.2 Å². The molecular formula is C63H74F2N12O10S. The molecule has 14 rings (SSSR count). The fourth-order valence-electron chi connectivity index (χ4n) is 14.8. The van der Waals surface area contributed by atoms with Crippen LogP contribution in [0.3, 0.4) is 0 Å². The van der Waals surface area contributed by atoms with E-state index in [1.54, 1.807) is 19.4 Å². The normalized spacial score (nSPS) is 24.1. The lowest BCUT2D eigenvalue weighted by Crippen LogP contribution is -2.59. The van der Waals surface area contributed by atoms with Gasteiger partial charge in [-0.25, -0.2) is 26.9 Å². The number of nitrogens with one attached hydrogen (secondary N) is 3. The summed E-state index contributed by atoms with van der Waals surface area (Å²) in [5, 5.41) is 16.5. The number of carbonyl (C=O) groups is 1. The second-order valence-electron chi connectivity index (χ2n) is 25.1. The van der Waals surface area contributed by atoms with E-state index in [1.807, 2.05) is 40.3 Å². The number of piperazine rings is 1. The maximum absolute atomic E-state index is 15.0. The van der Waals surface area contributed by atoms with Crippen molar-refractivity contribution < 1.29 is 50.6 Å². The monoisotopic (exact) mass is 1230 g/mol. The number of hydrogen-bond acceptors (Lipinski definition) is 19. The summed E-state index contributed by atoms with van der Waals surface area (Å²) in [6.07, 6.45) is 7.43. The van der Waals surface area contributed by atoms with Crippen LogP contribution >= 0.6 is 0 Å². The van der Waals surface area contributed by atoms with Gasteiger partial charge in [-0.1, -0.05) is 24.3 Å². The molecule has 6 aromatic rings. The first-order valence-electron chi connectivity index (χ1n) is 30.8. The number of H-pyrrole nitrogens is 1. The summed E-state index contributed by atoms with van der Waals surface area (Å²) in [5.41, 5.74) is 5.94. The topological polar surface area (TPSA) is 226 Å². The second kappa shape index (κ2) is 23.5. The minimum Gasteiger partial charge on any atom is -0.493 e. The third kappa shape index (κ3) is 11.4. The van der Waals surface area contributed by atoms with E-state index in [2.05, 4.69) is 71.9 Å². The van der Waals surface area contributed by atoms with Crippen molar-refractivity contribution in [1.82, 2.24) is 34.4 Å². The van der Waals surface area contributed by atoms with Crippen LogP contribution in [0.2, 0.25) is 0 Å². The average molecular weight is 1230 g/mol. The minimum absolute atomic E-state index is 0.00497. The number of pyridine rings is 2. The number of fused-ring (bicyclic) bond motifs is 4. The summed E-state index contributed by atoms with van der Waals surface area (Å²) in [7, 11) is -3.08. The summed E-state index contributed by atoms with van der Waals surface area (Å²) >= 11 is 0. The van der Waals surface area contributed by atoms with Crippen molar-refractivity contribution >= 4 is 61.2 Å². The van der Waals surface area contributed by atoms with E-state index in [-0.39, 0.29) is 80.2 Å². The number of morpholine rings is 1. The maximum atomic E-state index is 15.0. The lowest BCUT2D eigenvalue weighted by atomic mass is 9.59. The summed E-state index contributed by atoms with van der Waals surface area (Å²) in [4.78, 5) is 53.1. The summed E-state index contributed by atoms with van der Waals surface area (Å²) in [6.45, 7) is 11.5. The Morgan fingerprint density at radius 3 is 2.48 bits per heavy atom. The van der Waals surface area contributed by atoms with Gasteiger partial charge in [0.15, 0.2) is 23.0 Å². The highest BCUT2D eigenvalue weighted by molar-refractivity contribution is 7.90. The van der Waals surface area contributed by atoms with Gasteiger partial charge in [0.2, 0.25) is 5.88 Å². The van der Waals surface area contributed by atoms with Crippen LogP contribution in [0.25, 0.3) is 11.0 Å². The van der Waals surface area contributed by atoms with Crippen molar-refractivity contribution in [2.45, 2.75) is 99.5 Å². The Hall–Kier alpha value is -7.42. The van der Waals surface area contributed by atoms with Crippen molar-refractivity contribution in [2.75, 3.05) is 126 Å². The Kier molecular flexibility index (Phi) is 15.6. The number of alkyl halides is 2. The number of aryl methyl sites for hydroxylation is 1. The van der Waals surface area contributed by atoms with Gasteiger partial charge in [0.1, 0.15) is 24.0 Å². The second-order valence-corrected chi connectivity index (χ2v) is 26.7. The number of sulfonamides is 1. The predicted octanol–water partition coefficient (Wildman–Crippen LogP) is 8.04. The number of ether oxygens (including phenoxy) is 5. The molecule has 3 aromatic carbocycles. The molecule has 22 nitrogen and oxygen atoms in total. The summed E-state index contributed by atoms with van der Waals surface area (Å²) in [5.74, 6) is -1.79. The Labute approximate surface area is 509 Å². The van der Waals surface area contributed by atoms with Crippen molar-refractivity contribution in [3.05, 3.63) is 118 Å². The molecule has 5 saturated heterocycles. The molecule has 1 saturated carbocycles. The number of benzene rings is 3. The molecule has 0 unspecified atom stereocenters. The van der Waals surface area contributed by atoms with Gasteiger partial charge in [-0.05, 0) is 97.5 Å². The lowest BCUT2D eigenvalue weighted by Gasteiger charge is -2.58. The summed E-state index contributed by atoms with van der Waals surface area (Å²) < 4.78 is 89.0. The number of nitro benzene ring substituents is 1. The van der Waals surface area contributed by atoms with Crippen LogP contribution in [0, 0.1) is 22.5 Å². The Balaban J connectivity index is 0.705. The molecule has 1 aliphatic carbocycles. The molecule has 0 bridgehead atoms. The molecule has 1 spiro atoms. The zero-order valence-corrected chi connectivity index (χ0v) is 50.3. The number of aromatic nitrogens is 3. The van der Waals surface area contributed by atoms with Crippen LogP contribution in [0.5, 0.6) is 17.4 Å². The fraction of sp³-hybridized carbons (Fsp3) is 0.508. The molecule has 8 aliphatic rings. The van der Waals surface area contributed by atoms with Crippen LogP contribution in [0.15, 0.2) is 90.1 Å². The number of hydrogen-bond donors (Lipinski definition) is 3. The molecule has 0 radical (unpaired) electrons. The highest BCUT2D eigenvalue weighted by Gasteiger charge is 2.51. The molecule has 25 heteroatoms. The molecular weight excluding hydrogens is 1150 g/mol. The van der Waals surface area contributed by atoms with Gasteiger partial charge in [-0.3, -0.25) is 24.7 Å². The van der Waals surface area contributed by atoms with E-state index in [0.717, 1.165) is 118 Å². The van der Waals surface area contributed by atoms with Crippen LogP contribution < -0.4 is 38.9 Å². The average Bonchev–Trinajstić information content (AvgIpc) is 2.04. The number of likely N-dealkylation sites (tertiary alicyclic amines) is 1. The van der Waals surface area contributed by atoms with Crippen LogP contribution in [0.4, 0.5) is 43.0 Å². The maximum Gasteiger partial charge on any atom is 0.297 e. The fourth-order valence-corrected chi connectivity index (χ4v) is 15.8. The molecule has 466 valence electrons. The van der Waals surface area contributed by atoms with Crippen molar-refractivity contribution in [2.24, 2.45) is 5.41 Å². The minimum atomic E-state index is -4.79. The predicted molar refractivity (Wildman–Crippen MR) is 326 cm³/mol. The van der Waals surface area contributed by atoms with E-state index < -0.39 is 49.5 Å². The molecule has 6 fully saturated rings. The first kappa shape index (κ1) is 58.3. The standard InChI is InChI=1S/C63H74F2N12O10S/c1-40-5-3-4-6-47(40)53-37-72(35-41-27-55(83-2)59(67-34-41)74-22-25-84-26-23-74)20-21-75(53)45-32-62(33-45)11-18-73(19-12-62)44-7-8-48(50(29-44)76-49-10-24-85-39-56(49)87-61-52(76)28-42-9-15-66-58(42)69-61)60(78)70-88(81,82)46-30-51(77(79)80)57-54(31-46)86-38-43(68-57)36-71-16-13-63(64,65)14-17-71/h3-9,15,27-31,34,43,45,49,53,56,68H,10-14,16-26,32-33,35-39H2,1-2H3,(H,66,69)(H,70,78)/t43-,49+,53+,56+/m1/s1. The molecule has 3 N–H and O–H groups in total. The van der Waals surface area contributed by atoms with Gasteiger partial charge in [0.25, 0.3) is 27.5 Å². The third-order valence-corrected chi connectivity index (χ3v) is 20.9. The Morgan fingerprint density at radius 2 is 1.69 bits per heavy atom. The number of carbonyl (C=O) groups excluding carboxylic acids is 1. The Morgan fingerprint density at radius 1 is 0.886 bits per heavy atom. The molecule has 88 heavy (non-hydrogen) atoms. The van der Waals surface area contributed by atoms with E-state index in [4.69, 9.17) is 33.7 Å². The molecule has 4 atom stereocenters. The van der Waals surface area contributed by atoms with Gasteiger partial charge < -0.3 is 53.6 Å². The van der Waals surface area contributed by atoms with Crippen LogP contribution in [-0.4, -0.2) is 185 Å². The number of halogens is 2. The van der Waals surface area contributed by atoms with Crippen LogP contribution in [0.1, 0.15) is 78.0 Å². The highest BCUT2D eigenvalue weighted by Crippen LogP contribution is 2.54. The quantitative estimate of drug-likeness (QED) is 0.0693. The largest absolute Gasteiger partial charge is 0.493 e. The number of methoxy groups -OCH3 is 1. The van der Waals surface area contributed by atoms with Crippen molar-refractivity contribution in [3.63, 3.8) is 0 Å². The number of aromatic amines is 1. The number of rotatable bonds is 14. The molecule has 10 heterocycles. The number of anilines is 5. The summed E-state index contributed by atoms with van der Waals surface area (Å²) in [6, 6.07) is 22.2. The molecule has 7 aliphatic heterocycles. The van der Waals surface area contributed by atoms with Gasteiger partial charge in [-0.2, -0.15) is 4.98 Å². The van der Waals surface area contributed by atoms with Gasteiger partial charge in [-0.15, -0.1) is 0 Å². The number of amides is 1. The number of piperidine rings is 2. The smallest absolute Gasteiger partial charge is 0.297 e. The van der Waals surface area contributed by atoms with Crippen LogP contribution in [-0.2, 0) is 26.0 Å². The lowest BCUT2D eigenvalue weighted by molar-refractivity contribution is -0.384. The number of nitro groups is 1. The zero-order valence-electron chi connectivity index (χ0n) is 49.5. The van der Waals surface area contributed by atoms with Crippen molar-refractivity contribution in [3.8, 4) is 17.4 Å². The first-order chi connectivity index (χ1) is 42.6. The van der Waals surface area contributed by atoms with Crippen molar-refractivity contribution in [1.29, 1.82) is 0 Å². The van der Waals surface area contributed by atoms with Gasteiger partial charge in [0, 0.05) is 139 Å². The van der Waals surface area contributed by atoms with E-state index >= 15 is 0 Å². The number of nitrogens with zero attached hydrogens (tertiary/aromatic N) is 9. The van der Waals surface area contributed by atoms with Gasteiger partial charge >= 0.3 is 0 Å². The van der Waals surface area contributed by atoms with E-state index in [1.165, 1.54) is 11.1 Å². The highest BCUT2D eigenvalue weighted by atomic mass is 32.2. The molecule has 3 aromatic heterocycles. The third-order valence-electron chi connectivity index (χ3n) is 19.6. The van der Waals surface area contributed by atoms with E-state index in [9.17, 15) is 32.1 Å². The first-order valence-corrected chi connectivity index (χ1v) is 32.2. The SMILES string of the molecule is COc1cc(CN2CCN(C3CC4(CCN(c5ccc(C(=O)NS(=O)(=O)c6cc7c(c([N+](=O)[O-])c6)N[C@H](CN6CCC(F)(F)CC6)CO7)c(N6c7cc8cc[nH]c8nc7O[C@H]7COCC[C@@H]76)c5)CC4)C3)[C@H](c3ccccc3C)C2)cnc1N1CCOCC1. The Bertz CT molecular complexity index is 3730.